The van der Waals surface area contributed by atoms with Crippen molar-refractivity contribution < 1.29 is 13.9 Å². The molecule has 0 aliphatic carbocycles. The van der Waals surface area contributed by atoms with Crippen LogP contribution in [0.2, 0.25) is 0 Å². The van der Waals surface area contributed by atoms with Crippen molar-refractivity contribution >= 4 is 11.7 Å². The van der Waals surface area contributed by atoms with Gasteiger partial charge in [0.05, 0.1) is 11.8 Å². The first-order valence-electron chi connectivity index (χ1n) is 6.98. The molecule has 1 aliphatic heterocycles. The number of carbonyl (C=O) groups excluding carboxylic acids is 1. The second-order valence-corrected chi connectivity index (χ2v) is 4.84. The van der Waals surface area contributed by atoms with Crippen LogP contribution in [0, 0.1) is 5.82 Å². The van der Waals surface area contributed by atoms with E-state index in [-0.39, 0.29) is 17.5 Å². The Morgan fingerprint density at radius 1 is 1.50 bits per heavy atom. The lowest BCUT2D eigenvalue weighted by Gasteiger charge is -2.23. The van der Waals surface area contributed by atoms with E-state index in [1.165, 1.54) is 6.07 Å². The van der Waals surface area contributed by atoms with Crippen LogP contribution in [0.1, 0.15) is 36.5 Å². The van der Waals surface area contributed by atoms with Gasteiger partial charge in [-0.2, -0.15) is 0 Å². The average molecular weight is 281 g/mol. The Kier molecular flexibility index (Phi) is 5.29. The second-order valence-electron chi connectivity index (χ2n) is 4.84. The zero-order valence-electron chi connectivity index (χ0n) is 11.6. The minimum atomic E-state index is -0.510. The van der Waals surface area contributed by atoms with Gasteiger partial charge in [-0.05, 0) is 25.3 Å². The van der Waals surface area contributed by atoms with Crippen molar-refractivity contribution in [2.24, 2.45) is 0 Å². The van der Waals surface area contributed by atoms with Gasteiger partial charge in [0.2, 0.25) is 0 Å². The molecule has 0 bridgehead atoms. The van der Waals surface area contributed by atoms with Crippen molar-refractivity contribution in [3.05, 3.63) is 23.6 Å². The number of carbonyl (C=O) groups is 1. The van der Waals surface area contributed by atoms with Crippen LogP contribution in [0.5, 0.6) is 0 Å². The number of ether oxygens (including phenoxy) is 1. The van der Waals surface area contributed by atoms with E-state index in [2.05, 4.69) is 15.6 Å². The fourth-order valence-corrected chi connectivity index (χ4v) is 2.10. The van der Waals surface area contributed by atoms with Gasteiger partial charge < -0.3 is 15.4 Å². The fourth-order valence-electron chi connectivity index (χ4n) is 2.10. The molecule has 6 heteroatoms. The smallest absolute Gasteiger partial charge is 0.255 e. The summed E-state index contributed by atoms with van der Waals surface area (Å²) in [6.45, 7) is 4.00. The highest BCUT2D eigenvalue weighted by Gasteiger charge is 2.20. The maximum atomic E-state index is 13.3. The molecule has 0 radical (unpaired) electrons. The topological polar surface area (TPSA) is 63.2 Å². The molecule has 2 rings (SSSR count). The monoisotopic (exact) mass is 281 g/mol. The minimum Gasteiger partial charge on any atom is -0.381 e. The van der Waals surface area contributed by atoms with Crippen molar-refractivity contribution in [3.63, 3.8) is 0 Å². The number of halogens is 1. The number of hydrogen-bond donors (Lipinski definition) is 2. The number of pyridine rings is 1. The van der Waals surface area contributed by atoms with E-state index in [1.54, 1.807) is 0 Å². The van der Waals surface area contributed by atoms with Crippen LogP contribution in [0.4, 0.5) is 10.2 Å². The summed E-state index contributed by atoms with van der Waals surface area (Å²) in [6.07, 6.45) is 3.59. The molecular weight excluding hydrogens is 261 g/mol. The SMILES string of the molecule is CCCNc1ncc(F)cc1C(=O)NC1CCOCC1. The van der Waals surface area contributed by atoms with Gasteiger partial charge in [-0.3, -0.25) is 4.79 Å². The van der Waals surface area contributed by atoms with Crippen molar-refractivity contribution in [2.75, 3.05) is 25.1 Å². The Morgan fingerprint density at radius 3 is 2.95 bits per heavy atom. The normalized spacial score (nSPS) is 15.9. The van der Waals surface area contributed by atoms with Crippen molar-refractivity contribution in [1.29, 1.82) is 0 Å². The average Bonchev–Trinajstić information content (AvgIpc) is 2.47. The van der Waals surface area contributed by atoms with E-state index in [0.717, 1.165) is 25.5 Å². The van der Waals surface area contributed by atoms with Crippen LogP contribution in [0.25, 0.3) is 0 Å². The first-order chi connectivity index (χ1) is 9.70. The number of aromatic nitrogens is 1. The number of rotatable bonds is 5. The number of hydrogen-bond acceptors (Lipinski definition) is 4. The second kappa shape index (κ2) is 7.19. The van der Waals surface area contributed by atoms with Crippen LogP contribution in [-0.4, -0.2) is 36.7 Å². The van der Waals surface area contributed by atoms with E-state index in [0.29, 0.717) is 25.6 Å². The van der Waals surface area contributed by atoms with Gasteiger partial charge in [-0.25, -0.2) is 9.37 Å². The Bertz CT molecular complexity index is 462. The van der Waals surface area contributed by atoms with E-state index in [1.807, 2.05) is 6.92 Å². The third kappa shape index (κ3) is 3.90. The van der Waals surface area contributed by atoms with Gasteiger partial charge in [0.1, 0.15) is 11.6 Å². The molecule has 2 heterocycles. The van der Waals surface area contributed by atoms with E-state index < -0.39 is 5.82 Å². The highest BCUT2D eigenvalue weighted by atomic mass is 19.1. The first-order valence-corrected chi connectivity index (χ1v) is 6.98. The minimum absolute atomic E-state index is 0.0820. The molecule has 0 saturated carbocycles. The Hall–Kier alpha value is -1.69. The number of nitrogens with one attached hydrogen (secondary N) is 2. The summed E-state index contributed by atoms with van der Waals surface area (Å²) >= 11 is 0. The summed E-state index contributed by atoms with van der Waals surface area (Å²) < 4.78 is 18.6. The van der Waals surface area contributed by atoms with E-state index in [4.69, 9.17) is 4.74 Å². The van der Waals surface area contributed by atoms with Gasteiger partial charge in [0, 0.05) is 25.8 Å². The van der Waals surface area contributed by atoms with Crippen molar-refractivity contribution in [3.8, 4) is 0 Å². The fraction of sp³-hybridized carbons (Fsp3) is 0.571. The van der Waals surface area contributed by atoms with Crippen molar-refractivity contribution in [2.45, 2.75) is 32.2 Å². The Labute approximate surface area is 117 Å². The zero-order chi connectivity index (χ0) is 14.4. The predicted molar refractivity (Wildman–Crippen MR) is 74.3 cm³/mol. The third-order valence-corrected chi connectivity index (χ3v) is 3.20. The molecule has 1 aromatic rings. The quantitative estimate of drug-likeness (QED) is 0.866. The Balaban J connectivity index is 2.08. The summed E-state index contributed by atoms with van der Waals surface area (Å²) in [6, 6.07) is 1.30. The molecule has 1 aromatic heterocycles. The largest absolute Gasteiger partial charge is 0.381 e. The van der Waals surface area contributed by atoms with Gasteiger partial charge >= 0.3 is 0 Å². The molecule has 2 N–H and O–H groups in total. The van der Waals surface area contributed by atoms with Crippen LogP contribution >= 0.6 is 0 Å². The molecule has 1 saturated heterocycles. The lowest BCUT2D eigenvalue weighted by Crippen LogP contribution is -2.39. The summed E-state index contributed by atoms with van der Waals surface area (Å²) in [7, 11) is 0. The molecule has 5 nitrogen and oxygen atoms in total. The third-order valence-electron chi connectivity index (χ3n) is 3.20. The molecule has 20 heavy (non-hydrogen) atoms. The van der Waals surface area contributed by atoms with Gasteiger partial charge in [0.25, 0.3) is 5.91 Å². The molecule has 1 fully saturated rings. The molecule has 1 amide bonds. The van der Waals surface area contributed by atoms with Crippen molar-refractivity contribution in [1.82, 2.24) is 10.3 Å². The highest BCUT2D eigenvalue weighted by Crippen LogP contribution is 2.15. The first kappa shape index (κ1) is 14.7. The molecule has 1 aliphatic rings. The molecule has 0 unspecified atom stereocenters. The molecule has 0 aromatic carbocycles. The molecule has 0 spiro atoms. The summed E-state index contributed by atoms with van der Waals surface area (Å²) in [5.41, 5.74) is 0.255. The highest BCUT2D eigenvalue weighted by molar-refractivity contribution is 5.98. The lowest BCUT2D eigenvalue weighted by molar-refractivity contribution is 0.0696. The summed E-state index contributed by atoms with van der Waals surface area (Å²) in [5, 5.41) is 5.96. The van der Waals surface area contributed by atoms with Gasteiger partial charge in [0.15, 0.2) is 0 Å². The summed E-state index contributed by atoms with van der Waals surface area (Å²) in [5.74, 6) is -0.371. The van der Waals surface area contributed by atoms with Crippen LogP contribution in [0.15, 0.2) is 12.3 Å². The van der Waals surface area contributed by atoms with E-state index >= 15 is 0 Å². The predicted octanol–water partition coefficient (Wildman–Crippen LogP) is 1.95. The number of anilines is 1. The molecular formula is C14H20FN3O2. The van der Waals surface area contributed by atoms with E-state index in [9.17, 15) is 9.18 Å². The number of amides is 1. The Morgan fingerprint density at radius 2 is 2.25 bits per heavy atom. The maximum Gasteiger partial charge on any atom is 0.255 e. The van der Waals surface area contributed by atoms with Gasteiger partial charge in [-0.15, -0.1) is 0 Å². The lowest BCUT2D eigenvalue weighted by atomic mass is 10.1. The molecule has 0 atom stereocenters. The summed E-state index contributed by atoms with van der Waals surface area (Å²) in [4.78, 5) is 16.2. The van der Waals surface area contributed by atoms with Gasteiger partial charge in [-0.1, -0.05) is 6.92 Å². The molecule has 110 valence electrons. The zero-order valence-corrected chi connectivity index (χ0v) is 11.6. The standard InChI is InChI=1S/C14H20FN3O2/c1-2-5-16-13-12(8-10(15)9-17-13)14(19)18-11-3-6-20-7-4-11/h8-9,11H,2-7H2,1H3,(H,16,17)(H,18,19). The maximum absolute atomic E-state index is 13.3. The number of nitrogens with zero attached hydrogens (tertiary/aromatic N) is 1. The van der Waals surface area contributed by atoms with Crippen LogP contribution < -0.4 is 10.6 Å². The van der Waals surface area contributed by atoms with Crippen LogP contribution in [0.3, 0.4) is 0 Å². The van der Waals surface area contributed by atoms with Crippen LogP contribution in [-0.2, 0) is 4.74 Å².